The number of hydrogen-bond donors (Lipinski definition) is 0. The quantitative estimate of drug-likeness (QED) is 0.836. The Morgan fingerprint density at radius 1 is 1.33 bits per heavy atom. The number of likely N-dealkylation sites (N-methyl/N-ethyl adjacent to an activating group) is 1. The van der Waals surface area contributed by atoms with Crippen molar-refractivity contribution < 1.29 is 0 Å². The van der Waals surface area contributed by atoms with Crippen LogP contribution in [-0.2, 0) is 0 Å². The molecule has 1 unspecified atom stereocenters. The summed E-state index contributed by atoms with van der Waals surface area (Å²) in [6.07, 6.45) is 0. The zero-order valence-corrected chi connectivity index (χ0v) is 12.6. The van der Waals surface area contributed by atoms with Crippen molar-refractivity contribution in [1.29, 1.82) is 5.26 Å². The monoisotopic (exact) mass is 327 g/mol. The van der Waals surface area contributed by atoms with Gasteiger partial charge in [-0.1, -0.05) is 33.6 Å². The predicted octanol–water partition coefficient (Wildman–Crippen LogP) is 2.91. The molecule has 0 bridgehead atoms. The summed E-state index contributed by atoms with van der Waals surface area (Å²) in [6, 6.07) is 7.80. The van der Waals surface area contributed by atoms with Crippen LogP contribution >= 0.6 is 27.5 Å². The van der Waals surface area contributed by atoms with E-state index in [-0.39, 0.29) is 6.04 Å². The molecule has 18 heavy (non-hydrogen) atoms. The highest BCUT2D eigenvalue weighted by Gasteiger charge is 2.25. The molecule has 1 aliphatic rings. The van der Waals surface area contributed by atoms with Crippen molar-refractivity contribution in [3.63, 3.8) is 0 Å². The zero-order valence-electron chi connectivity index (χ0n) is 10.2. The Morgan fingerprint density at radius 2 is 2.00 bits per heavy atom. The van der Waals surface area contributed by atoms with Crippen molar-refractivity contribution in [3.8, 4) is 6.07 Å². The Morgan fingerprint density at radius 3 is 2.56 bits per heavy atom. The van der Waals surface area contributed by atoms with Crippen LogP contribution in [-0.4, -0.2) is 43.0 Å². The van der Waals surface area contributed by atoms with Gasteiger partial charge >= 0.3 is 0 Å². The fourth-order valence-electron chi connectivity index (χ4n) is 2.15. The van der Waals surface area contributed by atoms with Crippen LogP contribution in [0.4, 0.5) is 0 Å². The SMILES string of the molecule is CN1CCN(C(C#N)c2ccc(Cl)cc2Br)CC1. The second-order valence-electron chi connectivity index (χ2n) is 4.54. The maximum Gasteiger partial charge on any atom is 0.125 e. The molecule has 1 saturated heterocycles. The first-order chi connectivity index (χ1) is 8.61. The average Bonchev–Trinajstić information content (AvgIpc) is 2.35. The molecule has 0 aromatic heterocycles. The molecule has 0 radical (unpaired) electrons. The minimum Gasteiger partial charge on any atom is -0.304 e. The summed E-state index contributed by atoms with van der Waals surface area (Å²) in [7, 11) is 2.11. The van der Waals surface area contributed by atoms with Gasteiger partial charge in [-0.15, -0.1) is 0 Å². The van der Waals surface area contributed by atoms with Gasteiger partial charge in [0.15, 0.2) is 0 Å². The lowest BCUT2D eigenvalue weighted by Gasteiger charge is -2.35. The van der Waals surface area contributed by atoms with Gasteiger partial charge in [0.05, 0.1) is 6.07 Å². The Hall–Kier alpha value is -0.600. The van der Waals surface area contributed by atoms with Crippen LogP contribution in [0.2, 0.25) is 5.02 Å². The van der Waals surface area contributed by atoms with Crippen LogP contribution in [0.15, 0.2) is 22.7 Å². The Bertz CT molecular complexity index is 464. The fraction of sp³-hybridized carbons (Fsp3) is 0.462. The summed E-state index contributed by atoms with van der Waals surface area (Å²) in [4.78, 5) is 4.50. The molecule has 5 heteroatoms. The number of halogens is 2. The van der Waals surface area contributed by atoms with Crippen LogP contribution in [0.1, 0.15) is 11.6 Å². The third kappa shape index (κ3) is 3.04. The van der Waals surface area contributed by atoms with Gasteiger partial charge in [-0.05, 0) is 24.7 Å². The molecule has 1 atom stereocenters. The van der Waals surface area contributed by atoms with Crippen molar-refractivity contribution in [2.45, 2.75) is 6.04 Å². The highest BCUT2D eigenvalue weighted by atomic mass is 79.9. The molecule has 1 fully saturated rings. The maximum absolute atomic E-state index is 9.43. The van der Waals surface area contributed by atoms with E-state index in [1.807, 2.05) is 18.2 Å². The summed E-state index contributed by atoms with van der Waals surface area (Å²) in [5.41, 5.74) is 0.992. The van der Waals surface area contributed by atoms with Crippen LogP contribution in [0, 0.1) is 11.3 Å². The van der Waals surface area contributed by atoms with E-state index in [2.05, 4.69) is 38.8 Å². The predicted molar refractivity (Wildman–Crippen MR) is 76.6 cm³/mol. The van der Waals surface area contributed by atoms with Gasteiger partial charge in [0, 0.05) is 35.7 Å². The van der Waals surface area contributed by atoms with Crippen LogP contribution < -0.4 is 0 Å². The summed E-state index contributed by atoms with van der Waals surface area (Å²) in [5.74, 6) is 0. The first-order valence-corrected chi connectivity index (χ1v) is 7.06. The molecule has 0 spiro atoms. The minimum absolute atomic E-state index is 0.203. The third-order valence-corrected chi connectivity index (χ3v) is 4.20. The lowest BCUT2D eigenvalue weighted by Crippen LogP contribution is -2.45. The lowest BCUT2D eigenvalue weighted by atomic mass is 10.1. The Kier molecular flexibility index (Phi) is 4.63. The second-order valence-corrected chi connectivity index (χ2v) is 5.83. The van der Waals surface area contributed by atoms with Gasteiger partial charge in [-0.25, -0.2) is 0 Å². The van der Waals surface area contributed by atoms with Crippen LogP contribution in [0.3, 0.4) is 0 Å². The third-order valence-electron chi connectivity index (χ3n) is 3.28. The number of nitrogens with zero attached hydrogens (tertiary/aromatic N) is 3. The summed E-state index contributed by atoms with van der Waals surface area (Å²) in [5, 5.41) is 10.1. The van der Waals surface area contributed by atoms with E-state index in [0.717, 1.165) is 36.2 Å². The second kappa shape index (κ2) is 6.03. The molecule has 1 heterocycles. The van der Waals surface area contributed by atoms with Gasteiger partial charge in [-0.2, -0.15) is 5.26 Å². The molecule has 1 aromatic rings. The number of hydrogen-bond acceptors (Lipinski definition) is 3. The summed E-state index contributed by atoms with van der Waals surface area (Å²) < 4.78 is 0.903. The minimum atomic E-state index is -0.203. The van der Waals surface area contributed by atoms with E-state index < -0.39 is 0 Å². The van der Waals surface area contributed by atoms with E-state index in [1.165, 1.54) is 0 Å². The van der Waals surface area contributed by atoms with E-state index in [1.54, 1.807) is 0 Å². The van der Waals surface area contributed by atoms with Gasteiger partial charge in [-0.3, -0.25) is 4.90 Å². The largest absolute Gasteiger partial charge is 0.304 e. The smallest absolute Gasteiger partial charge is 0.125 e. The van der Waals surface area contributed by atoms with Crippen molar-refractivity contribution in [2.75, 3.05) is 33.2 Å². The van der Waals surface area contributed by atoms with Crippen molar-refractivity contribution in [1.82, 2.24) is 9.80 Å². The first-order valence-electron chi connectivity index (χ1n) is 5.89. The van der Waals surface area contributed by atoms with Crippen LogP contribution in [0.25, 0.3) is 0 Å². The summed E-state index contributed by atoms with van der Waals surface area (Å²) in [6.45, 7) is 3.85. The van der Waals surface area contributed by atoms with Gasteiger partial charge in [0.2, 0.25) is 0 Å². The van der Waals surface area contributed by atoms with Crippen molar-refractivity contribution >= 4 is 27.5 Å². The molecule has 1 aromatic carbocycles. The number of piperazine rings is 1. The first kappa shape index (κ1) is 13.8. The average molecular weight is 329 g/mol. The molecule has 0 aliphatic carbocycles. The standard InChI is InChI=1S/C13H15BrClN3/c1-17-4-6-18(7-5-17)13(9-16)11-3-2-10(15)8-12(11)14/h2-3,8,13H,4-7H2,1H3. The van der Waals surface area contributed by atoms with Crippen molar-refractivity contribution in [2.24, 2.45) is 0 Å². The fourth-order valence-corrected chi connectivity index (χ4v) is 3.05. The summed E-state index contributed by atoms with van der Waals surface area (Å²) >= 11 is 9.43. The van der Waals surface area contributed by atoms with Crippen LogP contribution in [0.5, 0.6) is 0 Å². The molecular weight excluding hydrogens is 314 g/mol. The molecule has 0 amide bonds. The maximum atomic E-state index is 9.43. The van der Waals surface area contributed by atoms with E-state index in [9.17, 15) is 5.26 Å². The molecule has 1 aliphatic heterocycles. The molecule has 0 saturated carbocycles. The number of nitriles is 1. The number of rotatable bonds is 2. The highest BCUT2D eigenvalue weighted by Crippen LogP contribution is 2.30. The van der Waals surface area contributed by atoms with Gasteiger partial charge in [0.25, 0.3) is 0 Å². The zero-order chi connectivity index (χ0) is 13.1. The highest BCUT2D eigenvalue weighted by molar-refractivity contribution is 9.10. The van der Waals surface area contributed by atoms with Gasteiger partial charge in [0.1, 0.15) is 6.04 Å². The van der Waals surface area contributed by atoms with Gasteiger partial charge < -0.3 is 4.90 Å². The lowest BCUT2D eigenvalue weighted by molar-refractivity contribution is 0.132. The molecule has 3 nitrogen and oxygen atoms in total. The van der Waals surface area contributed by atoms with E-state index in [0.29, 0.717) is 5.02 Å². The normalized spacial score (nSPS) is 19.4. The number of benzene rings is 1. The Balaban J connectivity index is 2.21. The molecule has 2 rings (SSSR count). The Labute approximate surface area is 121 Å². The van der Waals surface area contributed by atoms with Crippen molar-refractivity contribution in [3.05, 3.63) is 33.3 Å². The topological polar surface area (TPSA) is 30.3 Å². The van der Waals surface area contributed by atoms with E-state index >= 15 is 0 Å². The molecule has 96 valence electrons. The molecule has 0 N–H and O–H groups in total. The van der Waals surface area contributed by atoms with E-state index in [4.69, 9.17) is 11.6 Å². The molecular formula is C13H15BrClN3.